The fourth-order valence-corrected chi connectivity index (χ4v) is 1.32. The van der Waals surface area contributed by atoms with Gasteiger partial charge >= 0.3 is 0 Å². The number of ketones is 1. The predicted molar refractivity (Wildman–Crippen MR) is 66.0 cm³/mol. The first-order valence-electron chi connectivity index (χ1n) is 5.65. The van der Waals surface area contributed by atoms with Crippen LogP contribution in [0.2, 0.25) is 0 Å². The van der Waals surface area contributed by atoms with Crippen LogP contribution >= 0.6 is 0 Å². The average molecular weight is 218 g/mol. The topological polar surface area (TPSA) is 26.3 Å². The second-order valence-corrected chi connectivity index (χ2v) is 3.64. The van der Waals surface area contributed by atoms with Crippen LogP contribution < -0.4 is 4.74 Å². The van der Waals surface area contributed by atoms with Crippen molar-refractivity contribution in [1.82, 2.24) is 0 Å². The smallest absolute Gasteiger partial charge is 0.166 e. The summed E-state index contributed by atoms with van der Waals surface area (Å²) >= 11 is 0. The molecule has 2 nitrogen and oxygen atoms in total. The molecule has 0 amide bonds. The molecule has 2 heteroatoms. The number of allylic oxidation sites excluding steroid dienone is 1. The normalized spacial score (nSPS) is 9.81. The Morgan fingerprint density at radius 1 is 1.38 bits per heavy atom. The molecule has 0 aliphatic rings. The van der Waals surface area contributed by atoms with Crippen LogP contribution in [0, 0.1) is 0 Å². The molecule has 1 aromatic carbocycles. The number of Topliss-reactive ketones (excluding diaryl/α,β-unsaturated/α-hetero) is 1. The van der Waals surface area contributed by atoms with E-state index in [-0.39, 0.29) is 5.78 Å². The van der Waals surface area contributed by atoms with Gasteiger partial charge in [-0.05, 0) is 30.7 Å². The Balaban J connectivity index is 2.53. The Kier molecular flexibility index (Phi) is 5.34. The molecule has 0 bridgehead atoms. The summed E-state index contributed by atoms with van der Waals surface area (Å²) in [6, 6.07) is 7.28. The SMILES string of the molecule is C=CCC(=O)c1ccc(OCCCC)cc1. The summed E-state index contributed by atoms with van der Waals surface area (Å²) in [5.74, 6) is 0.915. The molecule has 1 aromatic rings. The third-order valence-corrected chi connectivity index (χ3v) is 2.27. The van der Waals surface area contributed by atoms with Gasteiger partial charge in [0.2, 0.25) is 0 Å². The van der Waals surface area contributed by atoms with Crippen molar-refractivity contribution in [1.29, 1.82) is 0 Å². The van der Waals surface area contributed by atoms with E-state index in [0.717, 1.165) is 25.2 Å². The number of carbonyl (C=O) groups excluding carboxylic acids is 1. The third-order valence-electron chi connectivity index (χ3n) is 2.27. The monoisotopic (exact) mass is 218 g/mol. The zero-order valence-corrected chi connectivity index (χ0v) is 9.74. The van der Waals surface area contributed by atoms with Crippen molar-refractivity contribution in [2.75, 3.05) is 6.61 Å². The molecule has 0 spiro atoms. The summed E-state index contributed by atoms with van der Waals surface area (Å²) in [5, 5.41) is 0. The van der Waals surface area contributed by atoms with Gasteiger partial charge in [0.1, 0.15) is 5.75 Å². The van der Waals surface area contributed by atoms with Crippen LogP contribution in [-0.2, 0) is 0 Å². The quantitative estimate of drug-likeness (QED) is 0.397. The molecule has 0 aliphatic heterocycles. The first kappa shape index (κ1) is 12.5. The molecule has 0 N–H and O–H groups in total. The number of ether oxygens (including phenoxy) is 1. The van der Waals surface area contributed by atoms with Crippen molar-refractivity contribution < 1.29 is 9.53 Å². The van der Waals surface area contributed by atoms with Crippen molar-refractivity contribution in [2.24, 2.45) is 0 Å². The van der Waals surface area contributed by atoms with Crippen LogP contribution in [0.25, 0.3) is 0 Å². The first-order chi connectivity index (χ1) is 7.77. The van der Waals surface area contributed by atoms with Gasteiger partial charge in [0.05, 0.1) is 6.61 Å². The van der Waals surface area contributed by atoms with Crippen LogP contribution in [0.1, 0.15) is 36.5 Å². The van der Waals surface area contributed by atoms with Crippen molar-refractivity contribution >= 4 is 5.78 Å². The van der Waals surface area contributed by atoms with Gasteiger partial charge in [-0.25, -0.2) is 0 Å². The summed E-state index contributed by atoms with van der Waals surface area (Å²) in [7, 11) is 0. The maximum absolute atomic E-state index is 11.5. The highest BCUT2D eigenvalue weighted by Crippen LogP contribution is 2.14. The summed E-state index contributed by atoms with van der Waals surface area (Å²) in [6.07, 6.45) is 4.18. The van der Waals surface area contributed by atoms with E-state index in [4.69, 9.17) is 4.74 Å². The fourth-order valence-electron chi connectivity index (χ4n) is 1.32. The van der Waals surface area contributed by atoms with E-state index < -0.39 is 0 Å². The van der Waals surface area contributed by atoms with Crippen LogP contribution in [0.5, 0.6) is 5.75 Å². The van der Waals surface area contributed by atoms with Gasteiger partial charge in [-0.15, -0.1) is 6.58 Å². The van der Waals surface area contributed by atoms with Crippen molar-refractivity contribution in [3.05, 3.63) is 42.5 Å². The van der Waals surface area contributed by atoms with Gasteiger partial charge in [-0.2, -0.15) is 0 Å². The molecule has 0 unspecified atom stereocenters. The van der Waals surface area contributed by atoms with Crippen molar-refractivity contribution in [3.63, 3.8) is 0 Å². The van der Waals surface area contributed by atoms with E-state index in [9.17, 15) is 4.79 Å². The summed E-state index contributed by atoms with van der Waals surface area (Å²) in [5.41, 5.74) is 0.711. The summed E-state index contributed by atoms with van der Waals surface area (Å²) in [6.45, 7) is 6.41. The minimum absolute atomic E-state index is 0.0927. The van der Waals surface area contributed by atoms with Crippen LogP contribution in [0.3, 0.4) is 0 Å². The van der Waals surface area contributed by atoms with Crippen LogP contribution in [0.4, 0.5) is 0 Å². The lowest BCUT2D eigenvalue weighted by atomic mass is 10.1. The molecule has 1 rings (SSSR count). The van der Waals surface area contributed by atoms with Crippen molar-refractivity contribution in [2.45, 2.75) is 26.2 Å². The molecule has 0 aliphatic carbocycles. The Morgan fingerprint density at radius 2 is 2.06 bits per heavy atom. The maximum atomic E-state index is 11.5. The van der Waals surface area contributed by atoms with Gasteiger partial charge < -0.3 is 4.74 Å². The van der Waals surface area contributed by atoms with E-state index >= 15 is 0 Å². The van der Waals surface area contributed by atoms with Crippen molar-refractivity contribution in [3.8, 4) is 5.75 Å². The van der Waals surface area contributed by atoms with Crippen LogP contribution in [0.15, 0.2) is 36.9 Å². The third kappa shape index (κ3) is 3.89. The second kappa shape index (κ2) is 6.83. The zero-order valence-electron chi connectivity index (χ0n) is 9.74. The van der Waals surface area contributed by atoms with Gasteiger partial charge in [-0.3, -0.25) is 4.79 Å². The lowest BCUT2D eigenvalue weighted by Gasteiger charge is -2.05. The summed E-state index contributed by atoms with van der Waals surface area (Å²) < 4.78 is 5.51. The minimum Gasteiger partial charge on any atom is -0.494 e. The minimum atomic E-state index is 0.0927. The van der Waals surface area contributed by atoms with E-state index in [2.05, 4.69) is 13.5 Å². The highest BCUT2D eigenvalue weighted by molar-refractivity contribution is 5.96. The molecule has 0 atom stereocenters. The number of carbonyl (C=O) groups is 1. The standard InChI is InChI=1S/C14H18O2/c1-3-5-11-16-13-9-7-12(8-10-13)14(15)6-4-2/h4,7-10H,2-3,5-6,11H2,1H3. The number of unbranched alkanes of at least 4 members (excludes halogenated alkanes) is 1. The van der Waals surface area contributed by atoms with Gasteiger partial charge in [0, 0.05) is 12.0 Å². The maximum Gasteiger partial charge on any atom is 0.166 e. The molecule has 0 saturated heterocycles. The average Bonchev–Trinajstić information content (AvgIpc) is 2.30. The zero-order chi connectivity index (χ0) is 11.8. The van der Waals surface area contributed by atoms with E-state index in [1.165, 1.54) is 0 Å². The molecular formula is C14H18O2. The van der Waals surface area contributed by atoms with E-state index in [1.807, 2.05) is 12.1 Å². The van der Waals surface area contributed by atoms with Gasteiger partial charge in [0.15, 0.2) is 5.78 Å². The molecule has 0 saturated carbocycles. The Morgan fingerprint density at radius 3 is 2.62 bits per heavy atom. The second-order valence-electron chi connectivity index (χ2n) is 3.64. The Labute approximate surface area is 96.9 Å². The van der Waals surface area contributed by atoms with E-state index in [1.54, 1.807) is 18.2 Å². The molecule has 16 heavy (non-hydrogen) atoms. The highest BCUT2D eigenvalue weighted by Gasteiger charge is 2.03. The van der Waals surface area contributed by atoms with Crippen LogP contribution in [-0.4, -0.2) is 12.4 Å². The molecule has 0 aromatic heterocycles. The molecular weight excluding hydrogens is 200 g/mol. The molecule has 86 valence electrons. The Hall–Kier alpha value is -1.57. The van der Waals surface area contributed by atoms with Gasteiger partial charge in [0.25, 0.3) is 0 Å². The lowest BCUT2D eigenvalue weighted by Crippen LogP contribution is -1.99. The molecule has 0 heterocycles. The predicted octanol–water partition coefficient (Wildman–Crippen LogP) is 3.62. The number of hydrogen-bond acceptors (Lipinski definition) is 2. The number of benzene rings is 1. The van der Waals surface area contributed by atoms with E-state index in [0.29, 0.717) is 12.0 Å². The molecule has 0 radical (unpaired) electrons. The summed E-state index contributed by atoms with van der Waals surface area (Å²) in [4.78, 5) is 11.5. The number of rotatable bonds is 7. The lowest BCUT2D eigenvalue weighted by molar-refractivity contribution is 0.0996. The first-order valence-corrected chi connectivity index (χ1v) is 5.65. The molecule has 0 fully saturated rings. The van der Waals surface area contributed by atoms with Gasteiger partial charge in [-0.1, -0.05) is 19.4 Å². The number of hydrogen-bond donors (Lipinski definition) is 0. The largest absolute Gasteiger partial charge is 0.494 e. The highest BCUT2D eigenvalue weighted by atomic mass is 16.5. The Bertz CT molecular complexity index is 338. The fraction of sp³-hybridized carbons (Fsp3) is 0.357.